The molecule has 1 aromatic carbocycles. The number of unbranched alkanes of at least 4 members (excludes halogenated alkanes) is 2. The van der Waals surface area contributed by atoms with Crippen molar-refractivity contribution in [3.63, 3.8) is 0 Å². The fourth-order valence-corrected chi connectivity index (χ4v) is 8.31. The molecule has 2 heterocycles. The lowest BCUT2D eigenvalue weighted by Gasteiger charge is -2.49. The van der Waals surface area contributed by atoms with Gasteiger partial charge in [0.25, 0.3) is 5.88 Å². The molecule has 5 atom stereocenters. The Morgan fingerprint density at radius 2 is 1.83 bits per heavy atom. The predicted octanol–water partition coefficient (Wildman–Crippen LogP) is 7.05. The van der Waals surface area contributed by atoms with Crippen LogP contribution in [-0.4, -0.2) is 87.4 Å². The number of likely N-dealkylation sites (tertiary alicyclic amines) is 1. The zero-order valence-corrected chi connectivity index (χ0v) is 31.3. The van der Waals surface area contributed by atoms with Gasteiger partial charge in [-0.05, 0) is 90.0 Å². The van der Waals surface area contributed by atoms with E-state index < -0.39 is 64.4 Å². The minimum Gasteiger partial charge on any atom is -0.508 e. The van der Waals surface area contributed by atoms with E-state index >= 15 is 4.39 Å². The number of ether oxygens (including phenoxy) is 3. The number of rotatable bonds is 11. The smallest absolute Gasteiger partial charge is 0.410 e. The van der Waals surface area contributed by atoms with Crippen molar-refractivity contribution >= 4 is 17.7 Å². The van der Waals surface area contributed by atoms with Crippen LogP contribution >= 0.6 is 0 Å². The van der Waals surface area contributed by atoms with E-state index in [4.69, 9.17) is 18.7 Å². The summed E-state index contributed by atoms with van der Waals surface area (Å²) in [7, 11) is 1.81. The Labute approximate surface area is 304 Å². The summed E-state index contributed by atoms with van der Waals surface area (Å²) in [5, 5.41) is 28.5. The zero-order chi connectivity index (χ0) is 37.7. The van der Waals surface area contributed by atoms with Crippen LogP contribution in [-0.2, 0) is 11.2 Å². The second-order valence-electron chi connectivity index (χ2n) is 15.5. The van der Waals surface area contributed by atoms with Gasteiger partial charge >= 0.3 is 6.09 Å². The predicted molar refractivity (Wildman–Crippen MR) is 188 cm³/mol. The van der Waals surface area contributed by atoms with Gasteiger partial charge < -0.3 is 33.8 Å². The maximum Gasteiger partial charge on any atom is 0.410 e. The van der Waals surface area contributed by atoms with Gasteiger partial charge in [-0.1, -0.05) is 33.6 Å². The van der Waals surface area contributed by atoms with Gasteiger partial charge in [0.05, 0.1) is 30.9 Å². The minimum absolute atomic E-state index is 0.00139. The standard InChI is InChI=1S/C39H52FN3O9/c1-8-11-16-49-26-20-22(25-14-13-15-43(25)37(47)51-38(4,5)6)30(40)23-18-21-19-24-31(42(7)10-3)33-29(36(41-52-33)50-17-12-9-2)35(46)39(24,48)34(45)27(21)32(44)28(23)26/h20-21,24-25,31,45,48H,8-19H2,1-7H3/t21-,24-,25?,31-,39-/m0/s1. The highest BCUT2D eigenvalue weighted by Gasteiger charge is 2.64. The highest BCUT2D eigenvalue weighted by Crippen LogP contribution is 2.57. The zero-order valence-electron chi connectivity index (χ0n) is 31.3. The molecule has 4 aliphatic rings. The van der Waals surface area contributed by atoms with Gasteiger partial charge in [-0.2, -0.15) is 0 Å². The van der Waals surface area contributed by atoms with Crippen LogP contribution in [0.4, 0.5) is 9.18 Å². The van der Waals surface area contributed by atoms with Crippen LogP contribution < -0.4 is 9.47 Å². The molecule has 2 N–H and O–H groups in total. The number of hydrogen-bond donors (Lipinski definition) is 2. The first kappa shape index (κ1) is 37.8. The van der Waals surface area contributed by atoms with Crippen LogP contribution in [0, 0.1) is 17.7 Å². The van der Waals surface area contributed by atoms with E-state index in [0.717, 1.165) is 12.8 Å². The van der Waals surface area contributed by atoms with Crippen molar-refractivity contribution in [2.45, 2.75) is 116 Å². The molecule has 1 aromatic heterocycles. The molecule has 6 rings (SSSR count). The third-order valence-corrected chi connectivity index (χ3v) is 11.0. The molecule has 12 nitrogen and oxygen atoms in total. The Kier molecular flexibility index (Phi) is 10.5. The normalized spacial score (nSPS) is 25.5. The molecule has 52 heavy (non-hydrogen) atoms. The van der Waals surface area contributed by atoms with Crippen LogP contribution in [0.1, 0.15) is 136 Å². The molecule has 1 aliphatic heterocycles. The second-order valence-corrected chi connectivity index (χ2v) is 15.5. The number of aliphatic hydroxyl groups is 2. The van der Waals surface area contributed by atoms with Crippen molar-refractivity contribution in [3.05, 3.63) is 51.2 Å². The van der Waals surface area contributed by atoms with Gasteiger partial charge in [0.1, 0.15) is 28.5 Å². The summed E-state index contributed by atoms with van der Waals surface area (Å²) in [6.45, 7) is 12.6. The average Bonchev–Trinajstić information content (AvgIpc) is 3.75. The SMILES string of the molecule is CCCCOc1cc(C2CCCN2C(=O)OC(C)(C)C)c(F)c2c1C(=O)C1=C(O)[C@]3(O)C(=O)c4c(OCCCC)noc4[C@@H](N(C)CC)[C@@H]3C[C@@H]1C2. The molecule has 0 spiro atoms. The van der Waals surface area contributed by atoms with Gasteiger partial charge in [0, 0.05) is 29.2 Å². The first-order chi connectivity index (χ1) is 24.7. The van der Waals surface area contributed by atoms with E-state index in [2.05, 4.69) is 5.16 Å². The second kappa shape index (κ2) is 14.5. The van der Waals surface area contributed by atoms with Crippen LogP contribution in [0.2, 0.25) is 0 Å². The summed E-state index contributed by atoms with van der Waals surface area (Å²) in [4.78, 5) is 45.7. The van der Waals surface area contributed by atoms with Gasteiger partial charge in [-0.3, -0.25) is 14.5 Å². The van der Waals surface area contributed by atoms with E-state index in [1.807, 2.05) is 32.7 Å². The molecular weight excluding hydrogens is 673 g/mol. The number of hydrogen-bond acceptors (Lipinski definition) is 11. The van der Waals surface area contributed by atoms with Crippen molar-refractivity contribution in [2.24, 2.45) is 11.8 Å². The molecule has 2 aromatic rings. The van der Waals surface area contributed by atoms with Crippen LogP contribution in [0.15, 0.2) is 21.9 Å². The Bertz CT molecular complexity index is 1760. The number of ketones is 2. The number of carbonyl (C=O) groups is 3. The number of Topliss-reactive ketones (excluding diaryl/α,β-unsaturated/α-hetero) is 2. The quantitative estimate of drug-likeness (QED) is 0.229. The van der Waals surface area contributed by atoms with Crippen molar-refractivity contribution in [1.82, 2.24) is 15.0 Å². The monoisotopic (exact) mass is 725 g/mol. The molecule has 1 saturated heterocycles. The first-order valence-corrected chi connectivity index (χ1v) is 18.7. The van der Waals surface area contributed by atoms with E-state index in [1.54, 1.807) is 20.8 Å². The van der Waals surface area contributed by atoms with Crippen molar-refractivity contribution in [2.75, 3.05) is 33.4 Å². The van der Waals surface area contributed by atoms with E-state index in [0.29, 0.717) is 38.8 Å². The lowest BCUT2D eigenvalue weighted by atomic mass is 9.58. The Hall–Kier alpha value is -3.97. The van der Waals surface area contributed by atoms with Crippen LogP contribution in [0.5, 0.6) is 11.6 Å². The summed E-state index contributed by atoms with van der Waals surface area (Å²) in [5.41, 5.74) is -3.09. The molecular formula is C39H52FN3O9. The van der Waals surface area contributed by atoms with E-state index in [-0.39, 0.29) is 71.3 Å². The third kappa shape index (κ3) is 6.27. The maximum absolute atomic E-state index is 17.0. The van der Waals surface area contributed by atoms with Gasteiger partial charge in [0.15, 0.2) is 17.1 Å². The third-order valence-electron chi connectivity index (χ3n) is 11.0. The number of halogens is 1. The summed E-state index contributed by atoms with van der Waals surface area (Å²) < 4.78 is 40.4. The summed E-state index contributed by atoms with van der Waals surface area (Å²) in [5.74, 6) is -4.32. The summed E-state index contributed by atoms with van der Waals surface area (Å²) in [6.07, 6.45) is 3.69. The first-order valence-electron chi connectivity index (χ1n) is 18.7. The van der Waals surface area contributed by atoms with Crippen LogP contribution in [0.25, 0.3) is 0 Å². The van der Waals surface area contributed by atoms with Crippen molar-refractivity contribution in [3.8, 4) is 11.6 Å². The number of amides is 1. The molecule has 13 heteroatoms. The lowest BCUT2D eigenvalue weighted by molar-refractivity contribution is -0.0588. The number of fused-ring (bicyclic) bond motifs is 4. The fraction of sp³-hybridized carbons (Fsp3) is 0.641. The molecule has 284 valence electrons. The number of aromatic nitrogens is 1. The molecule has 3 aliphatic carbocycles. The maximum atomic E-state index is 17.0. The largest absolute Gasteiger partial charge is 0.508 e. The summed E-state index contributed by atoms with van der Waals surface area (Å²) in [6, 6.07) is 0.140. The molecule has 0 saturated carbocycles. The molecule has 1 unspecified atom stereocenters. The molecule has 0 bridgehead atoms. The molecule has 0 radical (unpaired) electrons. The van der Waals surface area contributed by atoms with Gasteiger partial charge in [-0.15, -0.1) is 0 Å². The Morgan fingerprint density at radius 1 is 1.13 bits per heavy atom. The highest BCUT2D eigenvalue weighted by atomic mass is 19.1. The topological polar surface area (TPSA) is 152 Å². The Morgan fingerprint density at radius 3 is 2.48 bits per heavy atom. The number of aliphatic hydroxyl groups excluding tert-OH is 1. The van der Waals surface area contributed by atoms with Crippen LogP contribution in [0.3, 0.4) is 0 Å². The molecule has 1 amide bonds. The molecule has 1 fully saturated rings. The number of benzene rings is 1. The van der Waals surface area contributed by atoms with Crippen molar-refractivity contribution in [1.29, 1.82) is 0 Å². The van der Waals surface area contributed by atoms with E-state index in [1.165, 1.54) is 11.0 Å². The fourth-order valence-electron chi connectivity index (χ4n) is 8.31. The Balaban J connectivity index is 1.47. The van der Waals surface area contributed by atoms with Gasteiger partial charge in [-0.25, -0.2) is 9.18 Å². The average molecular weight is 726 g/mol. The number of allylic oxidation sites excluding steroid dienone is 1. The van der Waals surface area contributed by atoms with Gasteiger partial charge in [0.2, 0.25) is 5.78 Å². The minimum atomic E-state index is -2.49. The van der Waals surface area contributed by atoms with Crippen molar-refractivity contribution < 1.29 is 47.7 Å². The lowest BCUT2D eigenvalue weighted by Crippen LogP contribution is -2.59. The number of nitrogens with zero attached hydrogens (tertiary/aromatic N) is 3. The number of carbonyl (C=O) groups excluding carboxylic acids is 3. The van der Waals surface area contributed by atoms with E-state index in [9.17, 15) is 24.6 Å². The highest BCUT2D eigenvalue weighted by molar-refractivity contribution is 6.16. The summed E-state index contributed by atoms with van der Waals surface area (Å²) >= 11 is 0.